The molecule has 6 nitrogen and oxygen atoms in total. The number of hydrogen-bond acceptors (Lipinski definition) is 4. The van der Waals surface area contributed by atoms with Crippen molar-refractivity contribution in [2.75, 3.05) is 10.6 Å². The Labute approximate surface area is 125 Å². The first kappa shape index (κ1) is 13.7. The van der Waals surface area contributed by atoms with Gasteiger partial charge in [0.1, 0.15) is 5.58 Å². The van der Waals surface area contributed by atoms with Crippen molar-refractivity contribution in [3.05, 3.63) is 65.0 Å². The molecule has 0 aliphatic carbocycles. The smallest absolute Gasteiger partial charge is 0.364 e. The van der Waals surface area contributed by atoms with Crippen LogP contribution in [0.3, 0.4) is 0 Å². The van der Waals surface area contributed by atoms with Crippen LogP contribution in [-0.2, 0) is 0 Å². The normalized spacial score (nSPS) is 10.4. The number of urea groups is 1. The average Bonchev–Trinajstić information content (AvgIpc) is 2.52. The molecule has 6 heteroatoms. The second kappa shape index (κ2) is 5.61. The molecule has 0 bridgehead atoms. The summed E-state index contributed by atoms with van der Waals surface area (Å²) in [6, 6.07) is 14.6. The van der Waals surface area contributed by atoms with E-state index in [0.29, 0.717) is 11.1 Å². The number of hydrogen-bond donors (Lipinski definition) is 3. The molecule has 0 atom stereocenters. The lowest BCUT2D eigenvalue weighted by Crippen LogP contribution is -2.23. The van der Waals surface area contributed by atoms with Crippen LogP contribution in [0.25, 0.3) is 11.0 Å². The number of para-hydroxylation sites is 2. The lowest BCUT2D eigenvalue weighted by atomic mass is 10.2. The second-order valence-corrected chi connectivity index (χ2v) is 4.55. The Balaban J connectivity index is 1.90. The number of carbonyl (C=O) groups excluding carboxylic acids is 1. The first-order valence-electron chi connectivity index (χ1n) is 6.53. The molecule has 22 heavy (non-hydrogen) atoms. The first-order chi connectivity index (χ1) is 10.6. The Hall–Kier alpha value is -3.28. The SMILES string of the molecule is O=C(Nc1ccccc1)Nc1c(O)c2ccccc2oc1=O. The van der Waals surface area contributed by atoms with E-state index in [1.165, 1.54) is 0 Å². The summed E-state index contributed by atoms with van der Waals surface area (Å²) in [5, 5.41) is 15.4. The molecule has 0 saturated heterocycles. The average molecular weight is 296 g/mol. The minimum Gasteiger partial charge on any atom is -0.505 e. The summed E-state index contributed by atoms with van der Waals surface area (Å²) in [4.78, 5) is 23.8. The van der Waals surface area contributed by atoms with E-state index in [1.807, 2.05) is 6.07 Å². The van der Waals surface area contributed by atoms with Crippen molar-refractivity contribution in [1.82, 2.24) is 0 Å². The number of rotatable bonds is 2. The molecule has 2 aromatic carbocycles. The van der Waals surface area contributed by atoms with Crippen LogP contribution >= 0.6 is 0 Å². The number of fused-ring (bicyclic) bond motifs is 1. The van der Waals surface area contributed by atoms with Crippen molar-refractivity contribution in [3.63, 3.8) is 0 Å². The third-order valence-corrected chi connectivity index (χ3v) is 3.06. The lowest BCUT2D eigenvalue weighted by Gasteiger charge is -2.09. The molecule has 0 unspecified atom stereocenters. The number of benzene rings is 2. The van der Waals surface area contributed by atoms with Gasteiger partial charge in [0, 0.05) is 5.69 Å². The van der Waals surface area contributed by atoms with Crippen LogP contribution < -0.4 is 16.3 Å². The lowest BCUT2D eigenvalue weighted by molar-refractivity contribution is 0.262. The summed E-state index contributed by atoms with van der Waals surface area (Å²) in [5.41, 5.74) is -0.310. The van der Waals surface area contributed by atoms with Crippen LogP contribution in [0.5, 0.6) is 5.75 Å². The Bertz CT molecular complexity index is 888. The molecule has 0 radical (unpaired) electrons. The van der Waals surface area contributed by atoms with E-state index in [9.17, 15) is 14.7 Å². The highest BCUT2D eigenvalue weighted by molar-refractivity contribution is 6.02. The maximum absolute atomic E-state index is 11.9. The van der Waals surface area contributed by atoms with Crippen LogP contribution in [0.1, 0.15) is 0 Å². The van der Waals surface area contributed by atoms with Gasteiger partial charge < -0.3 is 14.8 Å². The van der Waals surface area contributed by atoms with Crippen LogP contribution in [0.4, 0.5) is 16.2 Å². The molecule has 3 rings (SSSR count). The second-order valence-electron chi connectivity index (χ2n) is 4.55. The maximum Gasteiger partial charge on any atom is 0.364 e. The van der Waals surface area contributed by atoms with Crippen molar-refractivity contribution in [1.29, 1.82) is 0 Å². The van der Waals surface area contributed by atoms with Crippen molar-refractivity contribution < 1.29 is 14.3 Å². The summed E-state index contributed by atoms with van der Waals surface area (Å²) in [6.45, 7) is 0. The van der Waals surface area contributed by atoms with Gasteiger partial charge in [0.15, 0.2) is 11.4 Å². The largest absolute Gasteiger partial charge is 0.505 e. The highest BCUT2D eigenvalue weighted by atomic mass is 16.4. The monoisotopic (exact) mass is 296 g/mol. The molecule has 0 spiro atoms. The van der Waals surface area contributed by atoms with Crippen molar-refractivity contribution in [2.24, 2.45) is 0 Å². The van der Waals surface area contributed by atoms with Gasteiger partial charge in [-0.2, -0.15) is 0 Å². The minimum absolute atomic E-state index is 0.249. The van der Waals surface area contributed by atoms with Gasteiger partial charge in [0.2, 0.25) is 0 Å². The van der Waals surface area contributed by atoms with Crippen LogP contribution in [0.15, 0.2) is 63.8 Å². The number of amides is 2. The number of aromatic hydroxyl groups is 1. The third kappa shape index (κ3) is 2.62. The highest BCUT2D eigenvalue weighted by Gasteiger charge is 2.16. The summed E-state index contributed by atoms with van der Waals surface area (Å²) in [5.74, 6) is -0.324. The van der Waals surface area contributed by atoms with Gasteiger partial charge in [-0.1, -0.05) is 30.3 Å². The summed E-state index contributed by atoms with van der Waals surface area (Å²) < 4.78 is 5.07. The van der Waals surface area contributed by atoms with Crippen LogP contribution in [0, 0.1) is 0 Å². The highest BCUT2D eigenvalue weighted by Crippen LogP contribution is 2.29. The Kier molecular flexibility index (Phi) is 3.49. The molecule has 1 aromatic heterocycles. The van der Waals surface area contributed by atoms with Gasteiger partial charge in [0.05, 0.1) is 5.39 Å². The Morgan fingerprint density at radius 2 is 1.64 bits per heavy atom. The van der Waals surface area contributed by atoms with E-state index in [2.05, 4.69) is 10.6 Å². The summed E-state index contributed by atoms with van der Waals surface area (Å²) >= 11 is 0. The predicted molar refractivity (Wildman–Crippen MR) is 83.2 cm³/mol. The Morgan fingerprint density at radius 3 is 2.41 bits per heavy atom. The molecule has 0 aliphatic heterocycles. The van der Waals surface area contributed by atoms with Crippen LogP contribution in [-0.4, -0.2) is 11.1 Å². The summed E-state index contributed by atoms with van der Waals surface area (Å²) in [7, 11) is 0. The van der Waals surface area contributed by atoms with E-state index < -0.39 is 11.7 Å². The van der Waals surface area contributed by atoms with E-state index in [-0.39, 0.29) is 17.0 Å². The summed E-state index contributed by atoms with van der Waals surface area (Å²) in [6.07, 6.45) is 0. The molecule has 0 saturated carbocycles. The molecule has 2 amide bonds. The van der Waals surface area contributed by atoms with Gasteiger partial charge in [-0.25, -0.2) is 9.59 Å². The molecule has 3 aromatic rings. The predicted octanol–water partition coefficient (Wildman–Crippen LogP) is 3.14. The molecule has 0 aliphatic rings. The topological polar surface area (TPSA) is 91.6 Å². The first-order valence-corrected chi connectivity index (χ1v) is 6.53. The van der Waals surface area contributed by atoms with Gasteiger partial charge in [-0.15, -0.1) is 0 Å². The van der Waals surface area contributed by atoms with E-state index in [1.54, 1.807) is 48.5 Å². The van der Waals surface area contributed by atoms with E-state index in [0.717, 1.165) is 0 Å². The molecule has 3 N–H and O–H groups in total. The fraction of sp³-hybridized carbons (Fsp3) is 0. The van der Waals surface area contributed by atoms with Crippen molar-refractivity contribution >= 4 is 28.4 Å². The number of carbonyl (C=O) groups is 1. The number of nitrogens with one attached hydrogen (secondary N) is 2. The molecular formula is C16H12N2O4. The van der Waals surface area contributed by atoms with E-state index in [4.69, 9.17) is 4.42 Å². The maximum atomic E-state index is 11.9. The Morgan fingerprint density at radius 1 is 0.955 bits per heavy atom. The van der Waals surface area contributed by atoms with Crippen molar-refractivity contribution in [2.45, 2.75) is 0 Å². The molecule has 1 heterocycles. The zero-order chi connectivity index (χ0) is 15.5. The van der Waals surface area contributed by atoms with Gasteiger partial charge in [-0.3, -0.25) is 5.32 Å². The molecule has 0 fully saturated rings. The number of anilines is 2. The minimum atomic E-state index is -0.820. The fourth-order valence-corrected chi connectivity index (χ4v) is 2.04. The van der Waals surface area contributed by atoms with E-state index >= 15 is 0 Å². The molecular weight excluding hydrogens is 284 g/mol. The van der Waals surface area contributed by atoms with Crippen LogP contribution in [0.2, 0.25) is 0 Å². The third-order valence-electron chi connectivity index (χ3n) is 3.06. The zero-order valence-corrected chi connectivity index (χ0v) is 11.4. The quantitative estimate of drug-likeness (QED) is 0.633. The standard InChI is InChI=1S/C16H12N2O4/c19-14-11-8-4-5-9-12(11)22-15(20)13(14)18-16(21)17-10-6-2-1-3-7-10/h1-9,19H,(H2,17,18,21). The van der Waals surface area contributed by atoms with Gasteiger partial charge >= 0.3 is 11.7 Å². The van der Waals surface area contributed by atoms with Crippen molar-refractivity contribution in [3.8, 4) is 5.75 Å². The molecule has 110 valence electrons. The fourth-order valence-electron chi connectivity index (χ4n) is 2.04. The zero-order valence-electron chi connectivity index (χ0n) is 11.4. The van der Waals surface area contributed by atoms with Gasteiger partial charge in [-0.05, 0) is 24.3 Å². The van der Waals surface area contributed by atoms with Gasteiger partial charge in [0.25, 0.3) is 0 Å².